The third kappa shape index (κ3) is 3.19. The maximum Gasteiger partial charge on any atom is 0.251 e. The van der Waals surface area contributed by atoms with Crippen LogP contribution in [-0.4, -0.2) is 20.4 Å². The first kappa shape index (κ1) is 15.0. The lowest BCUT2D eigenvalue weighted by molar-refractivity contribution is 0.0896. The molecule has 0 aliphatic heterocycles. The van der Waals surface area contributed by atoms with Crippen molar-refractivity contribution in [1.82, 2.24) is 5.32 Å². The van der Waals surface area contributed by atoms with Crippen LogP contribution in [0.25, 0.3) is 0 Å². The highest BCUT2D eigenvalue weighted by Gasteiger charge is 2.27. The molecule has 1 aromatic rings. The number of rotatable bonds is 4. The highest BCUT2D eigenvalue weighted by Crippen LogP contribution is 2.26. The van der Waals surface area contributed by atoms with Gasteiger partial charge in [-0.25, -0.2) is 13.6 Å². The molecule has 1 amide bonds. The molecule has 0 spiro atoms. The molecule has 0 radical (unpaired) electrons. The number of hydrogen-bond donors (Lipinski definition) is 2. The molecule has 0 saturated heterocycles. The van der Waals surface area contributed by atoms with Crippen LogP contribution in [0.5, 0.6) is 0 Å². The Morgan fingerprint density at radius 2 is 2.05 bits per heavy atom. The van der Waals surface area contributed by atoms with E-state index in [1.807, 2.05) is 6.92 Å². The Labute approximate surface area is 119 Å². The molecule has 6 heteroatoms. The summed E-state index contributed by atoms with van der Waals surface area (Å²) in [5.74, 6) is 0.400. The van der Waals surface area contributed by atoms with Gasteiger partial charge >= 0.3 is 0 Å². The molecule has 1 aliphatic carbocycles. The largest absolute Gasteiger partial charge is 0.349 e. The van der Waals surface area contributed by atoms with Gasteiger partial charge in [-0.1, -0.05) is 19.9 Å². The number of amides is 1. The number of aryl methyl sites for hydroxylation is 1. The lowest BCUT2D eigenvalue weighted by Gasteiger charge is -2.33. The van der Waals surface area contributed by atoms with E-state index in [4.69, 9.17) is 5.14 Å². The van der Waals surface area contributed by atoms with Gasteiger partial charge in [-0.3, -0.25) is 4.79 Å². The second-order valence-electron chi connectivity index (χ2n) is 5.47. The van der Waals surface area contributed by atoms with Crippen LogP contribution in [0.2, 0.25) is 0 Å². The molecule has 5 nitrogen and oxygen atoms in total. The molecule has 2 rings (SSSR count). The van der Waals surface area contributed by atoms with Crippen molar-refractivity contribution in [2.75, 3.05) is 0 Å². The van der Waals surface area contributed by atoms with E-state index in [-0.39, 0.29) is 16.8 Å². The van der Waals surface area contributed by atoms with Gasteiger partial charge in [0.2, 0.25) is 10.0 Å². The van der Waals surface area contributed by atoms with Crippen molar-refractivity contribution < 1.29 is 13.2 Å². The molecule has 110 valence electrons. The van der Waals surface area contributed by atoms with Gasteiger partial charge in [0.15, 0.2) is 0 Å². The summed E-state index contributed by atoms with van der Waals surface area (Å²) in [6.45, 7) is 3.98. The Morgan fingerprint density at radius 1 is 1.40 bits per heavy atom. The van der Waals surface area contributed by atoms with Crippen molar-refractivity contribution in [3.63, 3.8) is 0 Å². The molecule has 0 heterocycles. The smallest absolute Gasteiger partial charge is 0.251 e. The number of carbonyl (C=O) groups excluding carboxylic acids is 1. The first-order valence-corrected chi connectivity index (χ1v) is 8.32. The third-order valence-electron chi connectivity index (χ3n) is 3.73. The second-order valence-corrected chi connectivity index (χ2v) is 7.00. The molecule has 3 N–H and O–H groups in total. The molecule has 20 heavy (non-hydrogen) atoms. The monoisotopic (exact) mass is 296 g/mol. The summed E-state index contributed by atoms with van der Waals surface area (Å²) in [6, 6.07) is 4.86. The molecule has 1 saturated carbocycles. The van der Waals surface area contributed by atoms with Crippen LogP contribution < -0.4 is 10.5 Å². The van der Waals surface area contributed by atoms with E-state index in [2.05, 4.69) is 12.2 Å². The van der Waals surface area contributed by atoms with Gasteiger partial charge in [0.1, 0.15) is 0 Å². The van der Waals surface area contributed by atoms with Gasteiger partial charge in [0, 0.05) is 11.6 Å². The topological polar surface area (TPSA) is 89.3 Å². The van der Waals surface area contributed by atoms with E-state index >= 15 is 0 Å². The molecular weight excluding hydrogens is 276 g/mol. The van der Waals surface area contributed by atoms with Gasteiger partial charge in [0.25, 0.3) is 5.91 Å². The van der Waals surface area contributed by atoms with E-state index in [1.165, 1.54) is 6.07 Å². The summed E-state index contributed by atoms with van der Waals surface area (Å²) in [5, 5.41) is 8.10. The SMILES string of the molecule is CCc1ccc(C(=O)NC2CC(C)C2)cc1S(N)(=O)=O. The molecule has 0 aromatic heterocycles. The van der Waals surface area contributed by atoms with E-state index in [0.717, 1.165) is 12.8 Å². The zero-order chi connectivity index (χ0) is 14.9. The molecule has 0 atom stereocenters. The van der Waals surface area contributed by atoms with Crippen molar-refractivity contribution in [2.45, 2.75) is 44.0 Å². The third-order valence-corrected chi connectivity index (χ3v) is 4.72. The minimum Gasteiger partial charge on any atom is -0.349 e. The summed E-state index contributed by atoms with van der Waals surface area (Å²) in [4.78, 5) is 12.1. The number of carbonyl (C=O) groups is 1. The van der Waals surface area contributed by atoms with Crippen molar-refractivity contribution in [3.05, 3.63) is 29.3 Å². The summed E-state index contributed by atoms with van der Waals surface area (Å²) in [7, 11) is -3.81. The summed E-state index contributed by atoms with van der Waals surface area (Å²) in [5.41, 5.74) is 0.965. The average molecular weight is 296 g/mol. The maximum atomic E-state index is 12.1. The van der Waals surface area contributed by atoms with Crippen molar-refractivity contribution in [1.29, 1.82) is 0 Å². The predicted molar refractivity (Wildman–Crippen MR) is 76.8 cm³/mol. The quantitative estimate of drug-likeness (QED) is 0.880. The fraction of sp³-hybridized carbons (Fsp3) is 0.500. The van der Waals surface area contributed by atoms with Gasteiger partial charge in [0.05, 0.1) is 4.90 Å². The summed E-state index contributed by atoms with van der Waals surface area (Å²) < 4.78 is 23.1. The summed E-state index contributed by atoms with van der Waals surface area (Å²) in [6.07, 6.45) is 2.50. The number of nitrogens with two attached hydrogens (primary N) is 1. The van der Waals surface area contributed by atoms with E-state index < -0.39 is 10.0 Å². The second kappa shape index (κ2) is 5.54. The molecule has 1 aliphatic rings. The van der Waals surface area contributed by atoms with Crippen LogP contribution in [0.15, 0.2) is 23.1 Å². The van der Waals surface area contributed by atoms with E-state index in [1.54, 1.807) is 12.1 Å². The van der Waals surface area contributed by atoms with Crippen LogP contribution in [0, 0.1) is 5.92 Å². The Morgan fingerprint density at radius 3 is 2.55 bits per heavy atom. The number of benzene rings is 1. The molecule has 1 fully saturated rings. The summed E-state index contributed by atoms with van der Waals surface area (Å²) >= 11 is 0. The molecule has 0 bridgehead atoms. The number of primary sulfonamides is 1. The number of nitrogens with one attached hydrogen (secondary N) is 1. The normalized spacial score (nSPS) is 22.1. The average Bonchev–Trinajstić information content (AvgIpc) is 2.35. The Balaban J connectivity index is 2.22. The Bertz CT molecular complexity index is 619. The minimum atomic E-state index is -3.81. The van der Waals surface area contributed by atoms with Crippen LogP contribution >= 0.6 is 0 Å². The van der Waals surface area contributed by atoms with E-state index in [9.17, 15) is 13.2 Å². The lowest BCUT2D eigenvalue weighted by Crippen LogP contribution is -2.43. The van der Waals surface area contributed by atoms with E-state index in [0.29, 0.717) is 23.5 Å². The van der Waals surface area contributed by atoms with Gasteiger partial charge in [-0.05, 0) is 42.9 Å². The highest BCUT2D eigenvalue weighted by atomic mass is 32.2. The van der Waals surface area contributed by atoms with Gasteiger partial charge < -0.3 is 5.32 Å². The molecule has 1 aromatic carbocycles. The first-order chi connectivity index (χ1) is 9.31. The van der Waals surface area contributed by atoms with Crippen molar-refractivity contribution in [3.8, 4) is 0 Å². The zero-order valence-electron chi connectivity index (χ0n) is 11.7. The van der Waals surface area contributed by atoms with Gasteiger partial charge in [-0.2, -0.15) is 0 Å². The maximum absolute atomic E-state index is 12.1. The first-order valence-electron chi connectivity index (χ1n) is 6.77. The molecular formula is C14H20N2O3S. The van der Waals surface area contributed by atoms with Crippen LogP contribution in [0.3, 0.4) is 0 Å². The van der Waals surface area contributed by atoms with Gasteiger partial charge in [-0.15, -0.1) is 0 Å². The minimum absolute atomic E-state index is 0.0367. The fourth-order valence-electron chi connectivity index (χ4n) is 2.54. The Kier molecular flexibility index (Phi) is 4.15. The number of sulfonamides is 1. The zero-order valence-corrected chi connectivity index (χ0v) is 12.5. The predicted octanol–water partition coefficient (Wildman–Crippen LogP) is 1.42. The van der Waals surface area contributed by atoms with Crippen molar-refractivity contribution >= 4 is 15.9 Å². The van der Waals surface area contributed by atoms with Crippen molar-refractivity contribution in [2.24, 2.45) is 11.1 Å². The number of hydrogen-bond acceptors (Lipinski definition) is 3. The standard InChI is InChI=1S/C14H20N2O3S/c1-3-10-4-5-11(8-13(10)20(15,18)19)14(17)16-12-6-9(2)7-12/h4-5,8-9,12H,3,6-7H2,1-2H3,(H,16,17)(H2,15,18,19). The van der Waals surface area contributed by atoms with Crippen LogP contribution in [0.1, 0.15) is 42.6 Å². The molecule has 0 unspecified atom stereocenters. The lowest BCUT2D eigenvalue weighted by atomic mass is 9.82. The van der Waals surface area contributed by atoms with Crippen LogP contribution in [0.4, 0.5) is 0 Å². The Hall–Kier alpha value is -1.40. The van der Waals surface area contributed by atoms with Crippen LogP contribution in [-0.2, 0) is 16.4 Å². The fourth-order valence-corrected chi connectivity index (χ4v) is 3.41. The highest BCUT2D eigenvalue weighted by molar-refractivity contribution is 7.89.